The van der Waals surface area contributed by atoms with Crippen LogP contribution in [-0.4, -0.2) is 35.6 Å². The quantitative estimate of drug-likeness (QED) is 0.783. The van der Waals surface area contributed by atoms with Gasteiger partial charge in [-0.3, -0.25) is 10.1 Å². The summed E-state index contributed by atoms with van der Waals surface area (Å²) >= 11 is 0. The van der Waals surface area contributed by atoms with E-state index in [9.17, 15) is 9.59 Å². The zero-order chi connectivity index (χ0) is 20.1. The molecule has 0 aromatic heterocycles. The van der Waals surface area contributed by atoms with Crippen molar-refractivity contribution in [1.29, 1.82) is 0 Å². The van der Waals surface area contributed by atoms with Gasteiger partial charge in [-0.05, 0) is 55.7 Å². The van der Waals surface area contributed by atoms with Gasteiger partial charge in [-0.2, -0.15) is 0 Å². The number of carbonyl (C=O) groups excluding carboxylic acids is 2. The van der Waals surface area contributed by atoms with Gasteiger partial charge in [0, 0.05) is 17.6 Å². The minimum absolute atomic E-state index is 0.0539. The lowest BCUT2D eigenvalue weighted by molar-refractivity contribution is -0.132. The van der Waals surface area contributed by atoms with E-state index in [4.69, 9.17) is 4.74 Å². The largest absolute Gasteiger partial charge is 0.447 e. The van der Waals surface area contributed by atoms with Crippen LogP contribution in [0.4, 0.5) is 10.5 Å². The number of benzene rings is 2. The molecule has 4 rings (SSSR count). The fourth-order valence-electron chi connectivity index (χ4n) is 4.87. The van der Waals surface area contributed by atoms with Gasteiger partial charge in [0.25, 0.3) is 0 Å². The lowest BCUT2D eigenvalue weighted by atomic mass is 9.73. The van der Waals surface area contributed by atoms with E-state index in [1.54, 1.807) is 0 Å². The molecule has 1 N–H and O–H groups in total. The second-order valence-corrected chi connectivity index (χ2v) is 8.08. The number of rotatable bonds is 5. The van der Waals surface area contributed by atoms with Crippen LogP contribution in [0, 0.1) is 0 Å². The number of carbonyl (C=O) groups is 2. The van der Waals surface area contributed by atoms with Gasteiger partial charge in [-0.15, -0.1) is 0 Å². The lowest BCUT2D eigenvalue weighted by Crippen LogP contribution is -2.49. The van der Waals surface area contributed by atoms with Crippen molar-refractivity contribution in [3.63, 3.8) is 0 Å². The molecule has 0 atom stereocenters. The molecule has 1 heterocycles. The Morgan fingerprint density at radius 3 is 2.34 bits per heavy atom. The standard InChI is InChI=1S/C24H28N2O3/c27-22-13-16-24(14-11-20(12-15-24)19-7-3-1-4-8-19)26(22)17-18-29-23(28)25-21-9-5-2-6-10-21/h1-10,20H,11-18H2,(H,25,28). The van der Waals surface area contributed by atoms with Crippen LogP contribution in [0.3, 0.4) is 0 Å². The van der Waals surface area contributed by atoms with Crippen LogP contribution in [-0.2, 0) is 9.53 Å². The molecule has 0 bridgehead atoms. The summed E-state index contributed by atoms with van der Waals surface area (Å²) in [4.78, 5) is 26.5. The second-order valence-electron chi connectivity index (χ2n) is 8.08. The third-order valence-electron chi connectivity index (χ3n) is 6.43. The maximum atomic E-state index is 12.5. The van der Waals surface area contributed by atoms with Crippen LogP contribution in [0.25, 0.3) is 0 Å². The van der Waals surface area contributed by atoms with Crippen molar-refractivity contribution in [2.75, 3.05) is 18.5 Å². The topological polar surface area (TPSA) is 58.6 Å². The number of ether oxygens (including phenoxy) is 1. The predicted octanol–water partition coefficient (Wildman–Crippen LogP) is 4.95. The van der Waals surface area contributed by atoms with Crippen molar-refractivity contribution in [2.24, 2.45) is 0 Å². The van der Waals surface area contributed by atoms with Gasteiger partial charge >= 0.3 is 6.09 Å². The molecule has 1 aliphatic heterocycles. The molecule has 5 heteroatoms. The van der Waals surface area contributed by atoms with Crippen molar-refractivity contribution in [3.05, 3.63) is 66.2 Å². The Balaban J connectivity index is 1.30. The minimum atomic E-state index is -0.482. The normalized spacial score (nSPS) is 23.9. The molecule has 5 nitrogen and oxygen atoms in total. The Bertz CT molecular complexity index is 830. The first-order chi connectivity index (χ1) is 14.2. The fourth-order valence-corrected chi connectivity index (χ4v) is 4.87. The maximum Gasteiger partial charge on any atom is 0.411 e. The van der Waals surface area contributed by atoms with Crippen molar-refractivity contribution in [1.82, 2.24) is 4.90 Å². The van der Waals surface area contributed by atoms with E-state index in [1.807, 2.05) is 35.2 Å². The van der Waals surface area contributed by atoms with Crippen LogP contribution < -0.4 is 5.32 Å². The lowest BCUT2D eigenvalue weighted by Gasteiger charge is -2.44. The van der Waals surface area contributed by atoms with Gasteiger partial charge in [0.05, 0.1) is 6.54 Å². The van der Waals surface area contributed by atoms with E-state index in [2.05, 4.69) is 35.6 Å². The molecule has 2 aliphatic rings. The summed E-state index contributed by atoms with van der Waals surface area (Å²) in [6.45, 7) is 0.686. The van der Waals surface area contributed by atoms with Crippen molar-refractivity contribution in [2.45, 2.75) is 50.0 Å². The minimum Gasteiger partial charge on any atom is -0.447 e. The van der Waals surface area contributed by atoms with Crippen LogP contribution >= 0.6 is 0 Å². The number of para-hydroxylation sites is 1. The van der Waals surface area contributed by atoms with E-state index in [1.165, 1.54) is 5.56 Å². The smallest absolute Gasteiger partial charge is 0.411 e. The highest BCUT2D eigenvalue weighted by Crippen LogP contribution is 2.46. The summed E-state index contributed by atoms with van der Waals surface area (Å²) in [7, 11) is 0. The van der Waals surface area contributed by atoms with Gasteiger partial charge in [-0.25, -0.2) is 4.79 Å². The average Bonchev–Trinajstić information content (AvgIpc) is 3.05. The van der Waals surface area contributed by atoms with Crippen LogP contribution in [0.15, 0.2) is 60.7 Å². The molecule has 2 amide bonds. The molecule has 152 valence electrons. The third kappa shape index (κ3) is 4.44. The van der Waals surface area contributed by atoms with Gasteiger partial charge < -0.3 is 9.64 Å². The summed E-state index contributed by atoms with van der Waals surface area (Å²) < 4.78 is 5.34. The second kappa shape index (κ2) is 8.68. The summed E-state index contributed by atoms with van der Waals surface area (Å²) in [6, 6.07) is 19.9. The van der Waals surface area contributed by atoms with Gasteiger partial charge in [0.15, 0.2) is 0 Å². The zero-order valence-electron chi connectivity index (χ0n) is 16.7. The summed E-state index contributed by atoms with van der Waals surface area (Å²) in [5.41, 5.74) is 2.05. The Hall–Kier alpha value is -2.82. The Morgan fingerprint density at radius 2 is 1.66 bits per heavy atom. The first kappa shape index (κ1) is 19.5. The Morgan fingerprint density at radius 1 is 1.00 bits per heavy atom. The molecule has 29 heavy (non-hydrogen) atoms. The Kier molecular flexibility index (Phi) is 5.84. The number of likely N-dealkylation sites (tertiary alicyclic amines) is 1. The Labute approximate surface area is 172 Å². The molecule has 2 aromatic carbocycles. The monoisotopic (exact) mass is 392 g/mol. The number of hydrogen-bond donors (Lipinski definition) is 1. The number of nitrogens with zero attached hydrogens (tertiary/aromatic N) is 1. The highest BCUT2D eigenvalue weighted by molar-refractivity contribution is 5.84. The fraction of sp³-hybridized carbons (Fsp3) is 0.417. The first-order valence-corrected chi connectivity index (χ1v) is 10.5. The van der Waals surface area contributed by atoms with Crippen molar-refractivity contribution >= 4 is 17.7 Å². The molecule has 0 radical (unpaired) electrons. The van der Waals surface area contributed by atoms with E-state index in [-0.39, 0.29) is 18.1 Å². The number of amides is 2. The number of nitrogens with one attached hydrogen (secondary N) is 1. The summed E-state index contributed by atoms with van der Waals surface area (Å²) in [5, 5.41) is 2.71. The molecule has 1 saturated carbocycles. The molecular weight excluding hydrogens is 364 g/mol. The van der Waals surface area contributed by atoms with Crippen molar-refractivity contribution in [3.8, 4) is 0 Å². The molecule has 2 aromatic rings. The van der Waals surface area contributed by atoms with E-state index >= 15 is 0 Å². The van der Waals surface area contributed by atoms with E-state index in [0.717, 1.165) is 32.1 Å². The highest BCUT2D eigenvalue weighted by Gasteiger charge is 2.46. The molecule has 1 saturated heterocycles. The highest BCUT2D eigenvalue weighted by atomic mass is 16.5. The number of anilines is 1. The van der Waals surface area contributed by atoms with E-state index < -0.39 is 6.09 Å². The summed E-state index contributed by atoms with van der Waals surface area (Å²) in [6.07, 6.45) is 5.29. The van der Waals surface area contributed by atoms with Gasteiger partial charge in [0.1, 0.15) is 6.61 Å². The summed E-state index contributed by atoms with van der Waals surface area (Å²) in [5.74, 6) is 0.766. The first-order valence-electron chi connectivity index (χ1n) is 10.5. The molecular formula is C24H28N2O3. The zero-order valence-corrected chi connectivity index (χ0v) is 16.7. The molecule has 1 spiro atoms. The molecule has 1 aliphatic carbocycles. The van der Waals surface area contributed by atoms with Gasteiger partial charge in [-0.1, -0.05) is 48.5 Å². The maximum absolute atomic E-state index is 12.5. The SMILES string of the molecule is O=C(Nc1ccccc1)OCCN1C(=O)CCC12CCC(c1ccccc1)CC2. The number of hydrogen-bond acceptors (Lipinski definition) is 3. The van der Waals surface area contributed by atoms with Crippen LogP contribution in [0.2, 0.25) is 0 Å². The van der Waals surface area contributed by atoms with Crippen LogP contribution in [0.5, 0.6) is 0 Å². The van der Waals surface area contributed by atoms with Crippen LogP contribution in [0.1, 0.15) is 50.0 Å². The van der Waals surface area contributed by atoms with Gasteiger partial charge in [0.2, 0.25) is 5.91 Å². The third-order valence-corrected chi connectivity index (χ3v) is 6.43. The van der Waals surface area contributed by atoms with Crippen molar-refractivity contribution < 1.29 is 14.3 Å². The predicted molar refractivity (Wildman–Crippen MR) is 113 cm³/mol. The molecule has 0 unspecified atom stereocenters. The molecule has 2 fully saturated rings. The average molecular weight is 392 g/mol. The van der Waals surface area contributed by atoms with E-state index in [0.29, 0.717) is 24.6 Å².